The van der Waals surface area contributed by atoms with E-state index in [1.165, 1.54) is 15.3 Å². The first-order chi connectivity index (χ1) is 24.8. The third kappa shape index (κ3) is 7.15. The maximum Gasteiger partial charge on any atom is 0.416 e. The number of aromatic nitrogens is 4. The number of terminal acetylenes is 1. The fraction of sp³-hybridized carbons (Fsp3) is 0.556. The van der Waals surface area contributed by atoms with E-state index in [0.717, 1.165) is 37.3 Å². The number of alkyl halides is 3. The number of piperidine rings is 1. The summed E-state index contributed by atoms with van der Waals surface area (Å²) in [7, 11) is -1.69. The number of rotatable bonds is 10. The Kier molecular flexibility index (Phi) is 9.83. The Morgan fingerprint density at radius 1 is 1.08 bits per heavy atom. The highest BCUT2D eigenvalue weighted by Crippen LogP contribution is 2.42. The van der Waals surface area contributed by atoms with Crippen LogP contribution in [0.1, 0.15) is 64.6 Å². The first-order valence-corrected chi connectivity index (χ1v) is 19.2. The molecule has 52 heavy (non-hydrogen) atoms. The fourth-order valence-electron chi connectivity index (χ4n) is 7.80. The molecule has 278 valence electrons. The number of anilines is 2. The summed E-state index contributed by atoms with van der Waals surface area (Å²) in [6.45, 7) is 5.56. The molecule has 12 nitrogen and oxygen atoms in total. The number of ether oxygens (including phenoxy) is 1. The number of benzene rings is 1. The van der Waals surface area contributed by atoms with Crippen LogP contribution in [-0.2, 0) is 52.9 Å². The molecule has 4 aliphatic heterocycles. The minimum Gasteiger partial charge on any atom is -0.379 e. The Bertz CT molecular complexity index is 1980. The Morgan fingerprint density at radius 2 is 1.83 bits per heavy atom. The summed E-state index contributed by atoms with van der Waals surface area (Å²) >= 11 is 0. The topological polar surface area (TPSA) is 117 Å². The minimum atomic E-state index is -4.66. The van der Waals surface area contributed by atoms with Crippen LogP contribution in [0, 0.1) is 18.3 Å². The lowest BCUT2D eigenvalue weighted by Crippen LogP contribution is -2.50. The molecule has 16 heteroatoms. The average Bonchev–Trinajstić information content (AvgIpc) is 3.66. The molecule has 1 amide bonds. The normalized spacial score (nSPS) is 21.2. The van der Waals surface area contributed by atoms with E-state index in [0.29, 0.717) is 56.6 Å². The van der Waals surface area contributed by atoms with E-state index in [-0.39, 0.29) is 48.8 Å². The summed E-state index contributed by atoms with van der Waals surface area (Å²) in [5, 5.41) is 8.30. The zero-order chi connectivity index (χ0) is 36.8. The molecule has 1 aromatic carbocycles. The molecule has 3 saturated heterocycles. The number of nitrogens with zero attached hydrogens (tertiary/aromatic N) is 8. The van der Waals surface area contributed by atoms with Crippen LogP contribution in [0.4, 0.5) is 24.8 Å². The van der Waals surface area contributed by atoms with Gasteiger partial charge in [0.05, 0.1) is 31.1 Å². The van der Waals surface area contributed by atoms with Crippen molar-refractivity contribution in [1.82, 2.24) is 29.0 Å². The smallest absolute Gasteiger partial charge is 0.379 e. The number of carbonyl (C=O) groups is 1. The molecule has 0 bridgehead atoms. The van der Waals surface area contributed by atoms with Gasteiger partial charge in [-0.25, -0.2) is 13.4 Å². The monoisotopic (exact) mass is 740 g/mol. The van der Waals surface area contributed by atoms with Crippen LogP contribution >= 0.6 is 0 Å². The SMILES string of the molecule is C#CCCS(=O)(=O)N1CCN(c2cc(C3(Cc4nncn4C)COC3)cc(N3Cc4c(cc(CN5CCCC(C)C5)cc4C(F)(F)F)C3=O)n2)CC1. The molecule has 0 spiro atoms. The molecule has 0 saturated carbocycles. The first-order valence-electron chi connectivity index (χ1n) is 17.6. The van der Waals surface area contributed by atoms with Crippen molar-refractivity contribution in [2.45, 2.75) is 57.3 Å². The highest BCUT2D eigenvalue weighted by atomic mass is 32.2. The molecule has 0 radical (unpaired) electrons. The van der Waals surface area contributed by atoms with Gasteiger partial charge in [-0.1, -0.05) is 6.92 Å². The van der Waals surface area contributed by atoms with Gasteiger partial charge in [0.2, 0.25) is 10.0 Å². The van der Waals surface area contributed by atoms with Crippen molar-refractivity contribution in [3.05, 3.63) is 64.2 Å². The number of carbonyl (C=O) groups excluding carboxylic acids is 1. The van der Waals surface area contributed by atoms with Crippen molar-refractivity contribution < 1.29 is 31.1 Å². The number of pyridine rings is 1. The third-order valence-electron chi connectivity index (χ3n) is 10.8. The van der Waals surface area contributed by atoms with Gasteiger partial charge < -0.3 is 14.2 Å². The lowest BCUT2D eigenvalue weighted by Gasteiger charge is -2.42. The lowest BCUT2D eigenvalue weighted by atomic mass is 9.75. The van der Waals surface area contributed by atoms with Crippen LogP contribution in [-0.4, -0.2) is 102 Å². The van der Waals surface area contributed by atoms with Gasteiger partial charge in [-0.15, -0.1) is 22.5 Å². The van der Waals surface area contributed by atoms with Crippen molar-refractivity contribution in [3.63, 3.8) is 0 Å². The van der Waals surface area contributed by atoms with E-state index < -0.39 is 33.1 Å². The van der Waals surface area contributed by atoms with E-state index in [4.69, 9.17) is 16.1 Å². The molecule has 7 rings (SSSR count). The Morgan fingerprint density at radius 3 is 2.46 bits per heavy atom. The quantitative estimate of drug-likeness (QED) is 0.288. The first kappa shape index (κ1) is 36.3. The molecular weight excluding hydrogens is 698 g/mol. The average molecular weight is 741 g/mol. The summed E-state index contributed by atoms with van der Waals surface area (Å²) in [5.74, 6) is 3.61. The van der Waals surface area contributed by atoms with E-state index in [9.17, 15) is 26.4 Å². The molecule has 0 N–H and O–H groups in total. The Balaban J connectivity index is 1.24. The number of aryl methyl sites for hydroxylation is 1. The van der Waals surface area contributed by atoms with Gasteiger partial charge in [-0.3, -0.25) is 14.6 Å². The van der Waals surface area contributed by atoms with Gasteiger partial charge in [0.25, 0.3) is 5.91 Å². The molecule has 0 aliphatic carbocycles. The highest BCUT2D eigenvalue weighted by Gasteiger charge is 2.45. The summed E-state index contributed by atoms with van der Waals surface area (Å²) in [6, 6.07) is 6.50. The minimum absolute atomic E-state index is 0.0372. The van der Waals surface area contributed by atoms with Crippen molar-refractivity contribution in [2.75, 3.05) is 68.0 Å². The zero-order valence-corrected chi connectivity index (χ0v) is 30.2. The van der Waals surface area contributed by atoms with Gasteiger partial charge in [-0.2, -0.15) is 17.5 Å². The number of fused-ring (bicyclic) bond motifs is 1. The van der Waals surface area contributed by atoms with Gasteiger partial charge in [0, 0.05) is 70.1 Å². The molecule has 3 aromatic rings. The highest BCUT2D eigenvalue weighted by molar-refractivity contribution is 7.89. The van der Waals surface area contributed by atoms with E-state index in [2.05, 4.69) is 27.9 Å². The lowest BCUT2D eigenvalue weighted by molar-refractivity contribution is -0.138. The number of halogens is 3. The van der Waals surface area contributed by atoms with Crippen LogP contribution < -0.4 is 9.80 Å². The summed E-state index contributed by atoms with van der Waals surface area (Å²) in [5.41, 5.74) is -0.124. The number of piperazine rings is 1. The van der Waals surface area contributed by atoms with Gasteiger partial charge in [-0.05, 0) is 66.3 Å². The second-order valence-corrected chi connectivity index (χ2v) is 16.7. The third-order valence-corrected chi connectivity index (χ3v) is 12.6. The van der Waals surface area contributed by atoms with Crippen LogP contribution in [0.15, 0.2) is 30.6 Å². The Labute approximate surface area is 302 Å². The van der Waals surface area contributed by atoms with Crippen LogP contribution in [0.25, 0.3) is 0 Å². The summed E-state index contributed by atoms with van der Waals surface area (Å²) in [4.78, 5) is 24.5. The molecule has 4 aliphatic rings. The predicted molar refractivity (Wildman–Crippen MR) is 188 cm³/mol. The molecular formula is C36H43F3N8O4S. The van der Waals surface area contributed by atoms with Crippen molar-refractivity contribution >= 4 is 27.6 Å². The second kappa shape index (κ2) is 14.1. The maximum atomic E-state index is 14.6. The van der Waals surface area contributed by atoms with Crippen molar-refractivity contribution in [3.8, 4) is 12.3 Å². The van der Waals surface area contributed by atoms with Crippen molar-refractivity contribution in [2.24, 2.45) is 13.0 Å². The number of sulfonamides is 1. The maximum absolute atomic E-state index is 14.6. The van der Waals surface area contributed by atoms with Gasteiger partial charge >= 0.3 is 6.18 Å². The van der Waals surface area contributed by atoms with E-state index in [1.807, 2.05) is 22.6 Å². The number of hydrogen-bond acceptors (Lipinski definition) is 9. The molecule has 1 atom stereocenters. The van der Waals surface area contributed by atoms with Crippen molar-refractivity contribution in [1.29, 1.82) is 0 Å². The molecule has 2 aromatic heterocycles. The second-order valence-electron chi connectivity index (χ2n) is 14.6. The predicted octanol–water partition coefficient (Wildman–Crippen LogP) is 3.61. The molecule has 3 fully saturated rings. The molecule has 1 unspecified atom stereocenters. The van der Waals surface area contributed by atoms with Crippen LogP contribution in [0.5, 0.6) is 0 Å². The summed E-state index contributed by atoms with van der Waals surface area (Å²) < 4.78 is 78.6. The standard InChI is InChI=1S/C36H43F3N8O4S/c1-4-5-13-52(49,50)46-11-9-45(10-12-46)31-16-27(35(22-51-23-35)18-33-42-40-24-43(33)3)17-32(41-31)47-21-29-28(34(47)48)14-26(15-30(29)36(37,38)39)20-44-8-6-7-25(2)19-44/h1,14-17,24-25H,5-13,18-23H2,2-3H3. The van der Waals surface area contributed by atoms with E-state index in [1.54, 1.807) is 18.5 Å². The molecule has 6 heterocycles. The number of hydrogen-bond donors (Lipinski definition) is 0. The fourth-order valence-corrected chi connectivity index (χ4v) is 9.15. The van der Waals surface area contributed by atoms with Gasteiger partial charge in [0.1, 0.15) is 23.8 Å². The van der Waals surface area contributed by atoms with Crippen LogP contribution in [0.2, 0.25) is 0 Å². The number of amides is 1. The van der Waals surface area contributed by atoms with Gasteiger partial charge in [0.15, 0.2) is 0 Å². The van der Waals surface area contributed by atoms with Crippen LogP contribution in [0.3, 0.4) is 0 Å². The zero-order valence-electron chi connectivity index (χ0n) is 29.4. The summed E-state index contributed by atoms with van der Waals surface area (Å²) in [6.07, 6.45) is 4.92. The van der Waals surface area contributed by atoms with E-state index >= 15 is 0 Å². The largest absolute Gasteiger partial charge is 0.416 e. The Hall–Kier alpha value is -4.04. The number of likely N-dealkylation sites (tertiary alicyclic amines) is 1.